The van der Waals surface area contributed by atoms with Crippen LogP contribution in [0.2, 0.25) is 0 Å². The fraction of sp³-hybridized carbons (Fsp3) is 0. The molecule has 0 spiro atoms. The Balaban J connectivity index is 2.63. The Morgan fingerprint density at radius 3 is 2.14 bits per heavy atom. The average Bonchev–Trinajstić information content (AvgIpc) is 2.19. The standard InChI is InChI=1S/C11H7I2N/c12-8-4-3-5-9(13)11(8)10-6-1-2-7-14-10/h1-7H. The molecule has 2 aromatic rings. The number of rotatable bonds is 1. The average molecular weight is 407 g/mol. The molecule has 1 aromatic heterocycles. The van der Waals surface area contributed by atoms with Crippen molar-refractivity contribution in [1.82, 2.24) is 4.98 Å². The largest absolute Gasteiger partial charge is 0.256 e. The first kappa shape index (κ1) is 10.4. The molecule has 0 aliphatic carbocycles. The zero-order valence-corrected chi connectivity index (χ0v) is 11.6. The summed E-state index contributed by atoms with van der Waals surface area (Å²) in [5.74, 6) is 0. The van der Waals surface area contributed by atoms with Crippen molar-refractivity contribution in [3.05, 3.63) is 49.7 Å². The first-order chi connectivity index (χ1) is 6.79. The van der Waals surface area contributed by atoms with Crippen LogP contribution in [0.25, 0.3) is 11.3 Å². The molecule has 0 atom stereocenters. The van der Waals surface area contributed by atoms with E-state index in [1.807, 2.05) is 24.4 Å². The molecular weight excluding hydrogens is 400 g/mol. The Hall–Kier alpha value is -0.170. The lowest BCUT2D eigenvalue weighted by atomic mass is 10.1. The van der Waals surface area contributed by atoms with Gasteiger partial charge in [-0.25, -0.2) is 0 Å². The van der Waals surface area contributed by atoms with Crippen LogP contribution in [0.1, 0.15) is 0 Å². The van der Waals surface area contributed by atoms with E-state index in [4.69, 9.17) is 0 Å². The second-order valence-electron chi connectivity index (χ2n) is 2.81. The van der Waals surface area contributed by atoms with Crippen molar-refractivity contribution < 1.29 is 0 Å². The number of halogens is 2. The molecule has 0 fully saturated rings. The predicted molar refractivity (Wildman–Crippen MR) is 75.1 cm³/mol. The third kappa shape index (κ3) is 2.08. The number of pyridine rings is 1. The normalized spacial score (nSPS) is 10.1. The van der Waals surface area contributed by atoms with Crippen molar-refractivity contribution in [2.45, 2.75) is 0 Å². The summed E-state index contributed by atoms with van der Waals surface area (Å²) in [7, 11) is 0. The second-order valence-corrected chi connectivity index (χ2v) is 5.14. The van der Waals surface area contributed by atoms with Crippen molar-refractivity contribution in [3.63, 3.8) is 0 Å². The van der Waals surface area contributed by atoms with Gasteiger partial charge < -0.3 is 0 Å². The zero-order chi connectivity index (χ0) is 9.97. The molecule has 0 aliphatic heterocycles. The molecular formula is C11H7I2N. The third-order valence-electron chi connectivity index (χ3n) is 1.88. The number of hydrogen-bond donors (Lipinski definition) is 0. The molecule has 0 saturated heterocycles. The molecule has 0 radical (unpaired) electrons. The van der Waals surface area contributed by atoms with Gasteiger partial charge in [0.2, 0.25) is 0 Å². The molecule has 3 heteroatoms. The van der Waals surface area contributed by atoms with Gasteiger partial charge in [-0.15, -0.1) is 0 Å². The topological polar surface area (TPSA) is 12.9 Å². The van der Waals surface area contributed by atoms with E-state index in [1.54, 1.807) is 0 Å². The fourth-order valence-corrected chi connectivity index (χ4v) is 3.32. The lowest BCUT2D eigenvalue weighted by molar-refractivity contribution is 1.31. The highest BCUT2D eigenvalue weighted by atomic mass is 127. The molecule has 0 N–H and O–H groups in total. The van der Waals surface area contributed by atoms with Crippen LogP contribution in [0.4, 0.5) is 0 Å². The molecule has 1 heterocycles. The minimum Gasteiger partial charge on any atom is -0.256 e. The SMILES string of the molecule is Ic1cccc(I)c1-c1ccccn1. The van der Waals surface area contributed by atoms with E-state index in [2.05, 4.69) is 68.4 Å². The first-order valence-corrected chi connectivity index (χ1v) is 6.30. The quantitative estimate of drug-likeness (QED) is 0.653. The highest BCUT2D eigenvalue weighted by molar-refractivity contribution is 14.1. The van der Waals surface area contributed by atoms with Crippen molar-refractivity contribution in [3.8, 4) is 11.3 Å². The molecule has 2 rings (SSSR count). The van der Waals surface area contributed by atoms with Crippen LogP contribution in [0.3, 0.4) is 0 Å². The number of benzene rings is 1. The summed E-state index contributed by atoms with van der Waals surface area (Å²) in [6.45, 7) is 0. The van der Waals surface area contributed by atoms with Gasteiger partial charge in [-0.05, 0) is 69.4 Å². The fourth-order valence-electron chi connectivity index (χ4n) is 1.25. The smallest absolute Gasteiger partial charge is 0.0723 e. The van der Waals surface area contributed by atoms with E-state index in [1.165, 1.54) is 12.7 Å². The molecule has 70 valence electrons. The minimum atomic E-state index is 1.04. The number of nitrogens with zero attached hydrogens (tertiary/aromatic N) is 1. The summed E-state index contributed by atoms with van der Waals surface area (Å²) in [5, 5.41) is 0. The molecule has 0 bridgehead atoms. The molecule has 1 nitrogen and oxygen atoms in total. The van der Waals surface area contributed by atoms with Gasteiger partial charge in [-0.1, -0.05) is 12.1 Å². The van der Waals surface area contributed by atoms with Crippen molar-refractivity contribution >= 4 is 45.2 Å². The van der Waals surface area contributed by atoms with Crippen LogP contribution in [0.5, 0.6) is 0 Å². The Labute approximate surface area is 110 Å². The van der Waals surface area contributed by atoms with Crippen LogP contribution in [0, 0.1) is 7.14 Å². The van der Waals surface area contributed by atoms with Gasteiger partial charge in [0.1, 0.15) is 0 Å². The van der Waals surface area contributed by atoms with E-state index in [0.717, 1.165) is 5.69 Å². The van der Waals surface area contributed by atoms with Gasteiger partial charge in [0.15, 0.2) is 0 Å². The van der Waals surface area contributed by atoms with Gasteiger partial charge in [0.25, 0.3) is 0 Å². The van der Waals surface area contributed by atoms with Crippen LogP contribution < -0.4 is 0 Å². The summed E-state index contributed by atoms with van der Waals surface area (Å²) in [6.07, 6.45) is 1.83. The highest BCUT2D eigenvalue weighted by Gasteiger charge is 2.06. The number of aromatic nitrogens is 1. The van der Waals surface area contributed by atoms with Gasteiger partial charge in [-0.2, -0.15) is 0 Å². The first-order valence-electron chi connectivity index (χ1n) is 4.14. The van der Waals surface area contributed by atoms with Crippen LogP contribution >= 0.6 is 45.2 Å². The lowest BCUT2D eigenvalue weighted by Crippen LogP contribution is -1.89. The van der Waals surface area contributed by atoms with E-state index in [-0.39, 0.29) is 0 Å². The van der Waals surface area contributed by atoms with Crippen LogP contribution in [0.15, 0.2) is 42.6 Å². The summed E-state index contributed by atoms with van der Waals surface area (Å²) in [6, 6.07) is 12.3. The van der Waals surface area contributed by atoms with Gasteiger partial charge in [0.05, 0.1) is 5.69 Å². The minimum absolute atomic E-state index is 1.04. The maximum absolute atomic E-state index is 4.36. The maximum Gasteiger partial charge on any atom is 0.0723 e. The molecule has 0 amide bonds. The Morgan fingerprint density at radius 1 is 0.857 bits per heavy atom. The Kier molecular flexibility index (Phi) is 3.38. The molecule has 0 saturated carbocycles. The van der Waals surface area contributed by atoms with E-state index in [9.17, 15) is 0 Å². The Morgan fingerprint density at radius 2 is 1.57 bits per heavy atom. The van der Waals surface area contributed by atoms with Crippen molar-refractivity contribution in [2.75, 3.05) is 0 Å². The van der Waals surface area contributed by atoms with Gasteiger partial charge in [-0.3, -0.25) is 4.98 Å². The van der Waals surface area contributed by atoms with E-state index in [0.29, 0.717) is 0 Å². The molecule has 14 heavy (non-hydrogen) atoms. The van der Waals surface area contributed by atoms with Gasteiger partial charge >= 0.3 is 0 Å². The van der Waals surface area contributed by atoms with Gasteiger partial charge in [0, 0.05) is 18.9 Å². The maximum atomic E-state index is 4.36. The molecule has 0 aliphatic rings. The summed E-state index contributed by atoms with van der Waals surface area (Å²) in [5.41, 5.74) is 2.27. The summed E-state index contributed by atoms with van der Waals surface area (Å²) in [4.78, 5) is 4.36. The van der Waals surface area contributed by atoms with E-state index < -0.39 is 0 Å². The lowest BCUT2D eigenvalue weighted by Gasteiger charge is -2.05. The van der Waals surface area contributed by atoms with Crippen LogP contribution in [-0.4, -0.2) is 4.98 Å². The monoisotopic (exact) mass is 407 g/mol. The predicted octanol–water partition coefficient (Wildman–Crippen LogP) is 3.96. The molecule has 0 unspecified atom stereocenters. The van der Waals surface area contributed by atoms with Crippen molar-refractivity contribution in [2.24, 2.45) is 0 Å². The molecule has 1 aromatic carbocycles. The van der Waals surface area contributed by atoms with Crippen LogP contribution in [-0.2, 0) is 0 Å². The Bertz CT molecular complexity index is 420. The summed E-state index contributed by atoms with van der Waals surface area (Å²) >= 11 is 4.69. The third-order valence-corrected chi connectivity index (χ3v) is 3.68. The second kappa shape index (κ2) is 4.57. The van der Waals surface area contributed by atoms with E-state index >= 15 is 0 Å². The highest BCUT2D eigenvalue weighted by Crippen LogP contribution is 2.28. The number of hydrogen-bond acceptors (Lipinski definition) is 1. The summed E-state index contributed by atoms with van der Waals surface area (Å²) < 4.78 is 2.49. The zero-order valence-electron chi connectivity index (χ0n) is 7.24. The van der Waals surface area contributed by atoms with Crippen molar-refractivity contribution in [1.29, 1.82) is 0 Å².